The van der Waals surface area contributed by atoms with Gasteiger partial charge < -0.3 is 0 Å². The monoisotopic (exact) mass is 105 g/mol. The Labute approximate surface area is 36.8 Å². The molecule has 34 valence electrons. The molecule has 0 aliphatic heterocycles. The van der Waals surface area contributed by atoms with Crippen molar-refractivity contribution in [3.63, 3.8) is 0 Å². The van der Waals surface area contributed by atoms with E-state index in [4.69, 9.17) is 4.91 Å². The standard InChI is InChI=1S/CH3NO3Si/c3-1(6)5-2-4/h6H3. The van der Waals surface area contributed by atoms with Crippen LogP contribution in [-0.4, -0.2) is 15.8 Å². The van der Waals surface area contributed by atoms with E-state index in [2.05, 4.69) is 4.84 Å². The molecule has 0 bridgehead atoms. The molecule has 0 heterocycles. The fourth-order valence-corrected chi connectivity index (χ4v) is 0.127. The summed E-state index contributed by atoms with van der Waals surface area (Å²) >= 11 is 0. The summed E-state index contributed by atoms with van der Waals surface area (Å²) in [7, 11) is 0.224. The third-order valence-electron chi connectivity index (χ3n) is 0.166. The first-order chi connectivity index (χ1) is 2.77. The lowest BCUT2D eigenvalue weighted by Gasteiger charge is -1.75. The van der Waals surface area contributed by atoms with Crippen molar-refractivity contribution in [2.24, 2.45) is 5.34 Å². The molecule has 0 aromatic carbocycles. The summed E-state index contributed by atoms with van der Waals surface area (Å²) in [4.78, 5) is 22.1. The molecule has 0 atom stereocenters. The van der Waals surface area contributed by atoms with Crippen LogP contribution in [-0.2, 0) is 4.84 Å². The average molecular weight is 105 g/mol. The number of rotatable bonds is 1. The summed E-state index contributed by atoms with van der Waals surface area (Å²) in [5.74, 6) is 0. The van der Waals surface area contributed by atoms with Gasteiger partial charge in [0.05, 0.1) is 0 Å². The van der Waals surface area contributed by atoms with Gasteiger partial charge >= 0.3 is 0 Å². The maximum absolute atomic E-state index is 9.59. The van der Waals surface area contributed by atoms with Gasteiger partial charge in [0.25, 0.3) is 5.59 Å². The summed E-state index contributed by atoms with van der Waals surface area (Å²) in [5.41, 5.74) is -0.551. The van der Waals surface area contributed by atoms with Gasteiger partial charge in [-0.25, -0.2) is 0 Å². The number of carbonyl (C=O) groups is 1. The van der Waals surface area contributed by atoms with Gasteiger partial charge in [0.1, 0.15) is 10.2 Å². The lowest BCUT2D eigenvalue weighted by Crippen LogP contribution is -1.91. The second-order valence-electron chi connectivity index (χ2n) is 0.657. The van der Waals surface area contributed by atoms with E-state index >= 15 is 0 Å². The summed E-state index contributed by atoms with van der Waals surface area (Å²) in [6.45, 7) is 0. The molecule has 5 heteroatoms. The Morgan fingerprint density at radius 2 is 2.33 bits per heavy atom. The van der Waals surface area contributed by atoms with Crippen LogP contribution in [0, 0.1) is 4.91 Å². The zero-order chi connectivity index (χ0) is 4.99. The fourth-order valence-electron chi connectivity index (χ4n) is 0.0525. The van der Waals surface area contributed by atoms with Crippen LogP contribution >= 0.6 is 0 Å². The molecular formula is CH3NO3Si. The third kappa shape index (κ3) is 3.29. The van der Waals surface area contributed by atoms with E-state index in [0.29, 0.717) is 0 Å². The van der Waals surface area contributed by atoms with E-state index in [0.717, 1.165) is 0 Å². The van der Waals surface area contributed by atoms with Crippen molar-refractivity contribution >= 4 is 15.8 Å². The van der Waals surface area contributed by atoms with Gasteiger partial charge in [0.15, 0.2) is 5.34 Å². The van der Waals surface area contributed by atoms with Crippen molar-refractivity contribution in [1.29, 1.82) is 0 Å². The van der Waals surface area contributed by atoms with Crippen LogP contribution in [0.2, 0.25) is 0 Å². The van der Waals surface area contributed by atoms with Gasteiger partial charge in [0, 0.05) is 0 Å². The van der Waals surface area contributed by atoms with Crippen LogP contribution in [0.25, 0.3) is 0 Å². The zero-order valence-corrected chi connectivity index (χ0v) is 5.17. The third-order valence-corrected chi connectivity index (χ3v) is 0.348. The van der Waals surface area contributed by atoms with Gasteiger partial charge in [-0.2, -0.15) is 0 Å². The first-order valence-electron chi connectivity index (χ1n) is 1.27. The van der Waals surface area contributed by atoms with E-state index in [1.54, 1.807) is 0 Å². The lowest BCUT2D eigenvalue weighted by molar-refractivity contribution is 0.176. The first-order valence-corrected chi connectivity index (χ1v) is 2.27. The minimum atomic E-state index is -0.551. The summed E-state index contributed by atoms with van der Waals surface area (Å²) < 4.78 is 0. The topological polar surface area (TPSA) is 55.7 Å². The van der Waals surface area contributed by atoms with E-state index in [9.17, 15) is 4.79 Å². The van der Waals surface area contributed by atoms with Crippen molar-refractivity contribution in [1.82, 2.24) is 0 Å². The molecule has 0 saturated heterocycles. The van der Waals surface area contributed by atoms with Crippen molar-refractivity contribution in [3.05, 3.63) is 4.91 Å². The van der Waals surface area contributed by atoms with Crippen molar-refractivity contribution in [3.8, 4) is 0 Å². The van der Waals surface area contributed by atoms with Gasteiger partial charge in [-0.15, -0.1) is 4.91 Å². The molecule has 6 heavy (non-hydrogen) atoms. The molecule has 0 aliphatic carbocycles. The van der Waals surface area contributed by atoms with Crippen LogP contribution in [0.1, 0.15) is 0 Å². The summed E-state index contributed by atoms with van der Waals surface area (Å²) in [6.07, 6.45) is 0. The number of hydrogen-bond acceptors (Lipinski definition) is 4. The number of hydrogen-bond donors (Lipinski definition) is 0. The Morgan fingerprint density at radius 1 is 1.83 bits per heavy atom. The van der Waals surface area contributed by atoms with Crippen LogP contribution in [0.15, 0.2) is 5.34 Å². The summed E-state index contributed by atoms with van der Waals surface area (Å²) in [5, 5.41) is 1.87. The molecule has 0 fully saturated rings. The smallest absolute Gasteiger partial charge is 0.293 e. The fraction of sp³-hybridized carbons (Fsp3) is 0. The van der Waals surface area contributed by atoms with Gasteiger partial charge in [-0.05, 0) is 0 Å². The van der Waals surface area contributed by atoms with Crippen molar-refractivity contribution in [2.75, 3.05) is 0 Å². The average Bonchev–Trinajstić information content (AvgIpc) is 1.35. The molecule has 0 aromatic rings. The molecule has 0 aliphatic rings. The number of nitrogens with zero attached hydrogens (tertiary/aromatic N) is 1. The Bertz CT molecular complexity index is 71.2. The molecule has 4 nitrogen and oxygen atoms in total. The highest BCUT2D eigenvalue weighted by Crippen LogP contribution is 1.69. The van der Waals surface area contributed by atoms with Crippen LogP contribution in [0.4, 0.5) is 4.79 Å². The van der Waals surface area contributed by atoms with E-state index < -0.39 is 5.59 Å². The summed E-state index contributed by atoms with van der Waals surface area (Å²) in [6, 6.07) is 0. The lowest BCUT2D eigenvalue weighted by atomic mass is 11.6. The highest BCUT2D eigenvalue weighted by atomic mass is 28.1. The minimum Gasteiger partial charge on any atom is -0.293 e. The van der Waals surface area contributed by atoms with Gasteiger partial charge in [0.2, 0.25) is 0 Å². The van der Waals surface area contributed by atoms with Gasteiger partial charge in [-0.3, -0.25) is 9.63 Å². The molecular weight excluding hydrogens is 102 g/mol. The molecule has 0 N–H and O–H groups in total. The van der Waals surface area contributed by atoms with Crippen molar-refractivity contribution < 1.29 is 9.63 Å². The quantitative estimate of drug-likeness (QED) is 0.248. The van der Waals surface area contributed by atoms with Gasteiger partial charge in [-0.1, -0.05) is 0 Å². The molecule has 0 unspecified atom stereocenters. The maximum Gasteiger partial charge on any atom is 0.294 e. The first kappa shape index (κ1) is 5.29. The predicted octanol–water partition coefficient (Wildman–Crippen LogP) is -0.830. The Balaban J connectivity index is 3.05. The van der Waals surface area contributed by atoms with Crippen molar-refractivity contribution in [2.45, 2.75) is 0 Å². The normalized spacial score (nSPS) is 7.33. The highest BCUT2D eigenvalue weighted by molar-refractivity contribution is 6.55. The van der Waals surface area contributed by atoms with Crippen LogP contribution in [0.5, 0.6) is 0 Å². The second-order valence-corrected chi connectivity index (χ2v) is 1.47. The largest absolute Gasteiger partial charge is 0.294 e. The Hall–Kier alpha value is -0.713. The number of carbonyl (C=O) groups excluding carboxylic acids is 1. The van der Waals surface area contributed by atoms with Crippen LogP contribution in [0.3, 0.4) is 0 Å². The molecule has 0 spiro atoms. The second kappa shape index (κ2) is 2.52. The minimum absolute atomic E-state index is 0.224. The highest BCUT2D eigenvalue weighted by Gasteiger charge is 1.83. The zero-order valence-electron chi connectivity index (χ0n) is 3.17. The molecule has 0 aromatic heterocycles. The van der Waals surface area contributed by atoms with E-state index in [1.165, 1.54) is 0 Å². The molecule has 0 saturated carbocycles. The van der Waals surface area contributed by atoms with Crippen LogP contribution < -0.4 is 0 Å². The van der Waals surface area contributed by atoms with E-state index in [1.807, 2.05) is 5.34 Å². The Kier molecular flexibility index (Phi) is 2.22. The molecule has 0 rings (SSSR count). The Morgan fingerprint density at radius 3 is 2.33 bits per heavy atom. The maximum atomic E-state index is 9.59. The molecule has 0 radical (unpaired) electrons. The molecule has 0 amide bonds. The SMILES string of the molecule is O=NOC(=O)[SiH3]. The predicted molar refractivity (Wildman–Crippen MR) is 22.2 cm³/mol. The van der Waals surface area contributed by atoms with E-state index in [-0.39, 0.29) is 10.2 Å².